The Morgan fingerprint density at radius 2 is 2.04 bits per heavy atom. The molecule has 1 spiro atoms. The third-order valence-electron chi connectivity index (χ3n) is 8.19. The Kier molecular flexibility index (Phi) is 3.12. The largest absolute Gasteiger partial charge is 0.480 e. The Bertz CT molecular complexity index is 725. The first kappa shape index (κ1) is 16.4. The van der Waals surface area contributed by atoms with Crippen LogP contribution in [0.3, 0.4) is 0 Å². The molecule has 3 fully saturated rings. The van der Waals surface area contributed by atoms with Crippen molar-refractivity contribution >= 4 is 17.5 Å². The number of thioether (sulfide) groups is 1. The molecule has 5 aliphatic rings. The minimum absolute atomic E-state index is 0.00841. The van der Waals surface area contributed by atoms with E-state index in [1.54, 1.807) is 17.8 Å². The molecule has 2 saturated carbocycles. The lowest BCUT2D eigenvalue weighted by molar-refractivity contribution is -0.113. The van der Waals surface area contributed by atoms with Crippen LogP contribution in [0, 0.1) is 28.6 Å². The molecule has 25 heavy (non-hydrogen) atoms. The normalized spacial score (nSPS) is 52.6. The van der Waals surface area contributed by atoms with Crippen LogP contribution in [0.15, 0.2) is 22.8 Å². The van der Waals surface area contributed by atoms with Gasteiger partial charge in [-0.3, -0.25) is 4.79 Å². The molecule has 2 aliphatic heterocycles. The lowest BCUT2D eigenvalue weighted by Crippen LogP contribution is -2.50. The highest BCUT2D eigenvalue weighted by atomic mass is 32.2. The molecule has 3 aliphatic carbocycles. The Balaban J connectivity index is 1.68. The first-order chi connectivity index (χ1) is 11.8. The number of epoxide rings is 1. The number of carbonyl (C=O) groups is 1. The second-order valence-electron chi connectivity index (χ2n) is 9.53. The van der Waals surface area contributed by atoms with Crippen molar-refractivity contribution in [3.8, 4) is 0 Å². The minimum Gasteiger partial charge on any atom is -0.480 e. The van der Waals surface area contributed by atoms with E-state index < -0.39 is 0 Å². The SMILES string of the molecule is CSC1=C2C(=O)C=C[C@@]3(C)CC[C@]4(C)[C@@H](C(C)C)C[C@@H]5O[C@@]54[C@H](O1)C23. The van der Waals surface area contributed by atoms with Crippen LogP contribution < -0.4 is 0 Å². The van der Waals surface area contributed by atoms with Gasteiger partial charge in [0.25, 0.3) is 0 Å². The highest BCUT2D eigenvalue weighted by Gasteiger charge is 2.82. The van der Waals surface area contributed by atoms with Gasteiger partial charge < -0.3 is 9.47 Å². The van der Waals surface area contributed by atoms with Gasteiger partial charge in [-0.05, 0) is 48.8 Å². The van der Waals surface area contributed by atoms with E-state index in [1.807, 2.05) is 6.26 Å². The molecule has 5 rings (SSSR count). The topological polar surface area (TPSA) is 38.8 Å². The van der Waals surface area contributed by atoms with Crippen LogP contribution in [0.25, 0.3) is 0 Å². The van der Waals surface area contributed by atoms with Crippen LogP contribution in [0.1, 0.15) is 47.0 Å². The summed E-state index contributed by atoms with van der Waals surface area (Å²) >= 11 is 1.58. The van der Waals surface area contributed by atoms with Gasteiger partial charge in [-0.2, -0.15) is 0 Å². The van der Waals surface area contributed by atoms with Crippen molar-refractivity contribution in [2.24, 2.45) is 28.6 Å². The quantitative estimate of drug-likeness (QED) is 0.687. The van der Waals surface area contributed by atoms with Crippen molar-refractivity contribution in [3.05, 3.63) is 22.8 Å². The third kappa shape index (κ3) is 1.72. The Morgan fingerprint density at radius 3 is 2.72 bits per heavy atom. The van der Waals surface area contributed by atoms with Gasteiger partial charge in [-0.1, -0.05) is 45.5 Å². The third-order valence-corrected chi connectivity index (χ3v) is 8.88. The van der Waals surface area contributed by atoms with E-state index in [0.29, 0.717) is 17.9 Å². The maximum atomic E-state index is 12.7. The van der Waals surface area contributed by atoms with E-state index in [-0.39, 0.29) is 34.2 Å². The van der Waals surface area contributed by atoms with Crippen LogP contribution in [0.2, 0.25) is 0 Å². The first-order valence-electron chi connectivity index (χ1n) is 9.65. The van der Waals surface area contributed by atoms with Crippen LogP contribution in [0.4, 0.5) is 0 Å². The summed E-state index contributed by atoms with van der Waals surface area (Å²) < 4.78 is 13.0. The average molecular weight is 361 g/mol. The number of hydrogen-bond acceptors (Lipinski definition) is 4. The zero-order chi connectivity index (χ0) is 17.8. The molecule has 0 N–H and O–H groups in total. The molecule has 0 aromatic carbocycles. The second-order valence-corrected chi connectivity index (χ2v) is 10.3. The maximum absolute atomic E-state index is 12.7. The molecule has 0 aromatic rings. The van der Waals surface area contributed by atoms with Crippen molar-refractivity contribution in [3.63, 3.8) is 0 Å². The maximum Gasteiger partial charge on any atom is 0.186 e. The number of hydrogen-bond donors (Lipinski definition) is 0. The molecular weight excluding hydrogens is 332 g/mol. The fourth-order valence-corrected chi connectivity index (χ4v) is 7.49. The van der Waals surface area contributed by atoms with Crippen LogP contribution in [-0.2, 0) is 14.3 Å². The van der Waals surface area contributed by atoms with Crippen LogP contribution in [0.5, 0.6) is 0 Å². The Labute approximate surface area is 154 Å². The lowest BCUT2D eigenvalue weighted by Gasteiger charge is -2.42. The van der Waals surface area contributed by atoms with Gasteiger partial charge in [0.15, 0.2) is 10.9 Å². The minimum atomic E-state index is -0.196. The lowest BCUT2D eigenvalue weighted by atomic mass is 9.64. The van der Waals surface area contributed by atoms with Gasteiger partial charge in [-0.25, -0.2) is 0 Å². The van der Waals surface area contributed by atoms with E-state index in [0.717, 1.165) is 29.9 Å². The highest BCUT2D eigenvalue weighted by molar-refractivity contribution is 8.02. The van der Waals surface area contributed by atoms with E-state index in [9.17, 15) is 4.79 Å². The standard InChI is InChI=1S/C21H28O3S/c1-11(2)12-10-14-21(24-14)17-16-15(18(23-17)25-5)13(22)6-7-19(16,3)8-9-20(12,21)4/h6-7,11-12,14,16-17H,8-10H2,1-5H3/t12-,14+,16?,17-,19+,20-,21-/m1/s1. The van der Waals surface area contributed by atoms with Gasteiger partial charge in [0, 0.05) is 11.3 Å². The Morgan fingerprint density at radius 1 is 1.28 bits per heavy atom. The number of ketones is 1. The zero-order valence-electron chi connectivity index (χ0n) is 15.8. The second kappa shape index (κ2) is 4.75. The van der Waals surface area contributed by atoms with Gasteiger partial charge >= 0.3 is 0 Å². The van der Waals surface area contributed by atoms with Crippen LogP contribution >= 0.6 is 11.8 Å². The molecule has 3 nitrogen and oxygen atoms in total. The van der Waals surface area contributed by atoms with Gasteiger partial charge in [0.05, 0.1) is 11.7 Å². The van der Waals surface area contributed by atoms with Crippen LogP contribution in [-0.4, -0.2) is 29.8 Å². The molecule has 1 saturated heterocycles. The highest BCUT2D eigenvalue weighted by Crippen LogP contribution is 2.74. The summed E-state index contributed by atoms with van der Waals surface area (Å²) in [5.41, 5.74) is 0.847. The van der Waals surface area contributed by atoms with Crippen molar-refractivity contribution in [2.45, 2.75) is 64.8 Å². The summed E-state index contributed by atoms with van der Waals surface area (Å²) in [6, 6.07) is 0. The number of allylic oxidation sites excluding steroid dienone is 2. The molecule has 2 heterocycles. The predicted molar refractivity (Wildman–Crippen MR) is 99.0 cm³/mol. The number of carbonyl (C=O) groups excluding carboxylic acids is 1. The molecule has 0 aromatic heterocycles. The van der Waals surface area contributed by atoms with E-state index >= 15 is 0 Å². The summed E-state index contributed by atoms with van der Waals surface area (Å²) in [6.07, 6.45) is 9.68. The van der Waals surface area contributed by atoms with Gasteiger partial charge in [-0.15, -0.1) is 0 Å². The molecule has 136 valence electrons. The van der Waals surface area contributed by atoms with Crippen molar-refractivity contribution in [2.75, 3.05) is 6.26 Å². The summed E-state index contributed by atoms with van der Waals surface area (Å²) in [5, 5.41) is 0.844. The number of ether oxygens (including phenoxy) is 2. The summed E-state index contributed by atoms with van der Waals surface area (Å²) in [6.45, 7) is 9.47. The van der Waals surface area contributed by atoms with Gasteiger partial charge in [0.2, 0.25) is 0 Å². The molecule has 0 bridgehead atoms. The summed E-state index contributed by atoms with van der Waals surface area (Å²) in [5.74, 6) is 1.60. The summed E-state index contributed by atoms with van der Waals surface area (Å²) in [4.78, 5) is 12.7. The molecule has 0 radical (unpaired) electrons. The Hall–Kier alpha value is -0.740. The summed E-state index contributed by atoms with van der Waals surface area (Å²) in [7, 11) is 0. The molecule has 1 unspecified atom stereocenters. The predicted octanol–water partition coefficient (Wildman–Crippen LogP) is 4.33. The molecule has 0 amide bonds. The number of rotatable bonds is 2. The first-order valence-corrected chi connectivity index (χ1v) is 10.9. The van der Waals surface area contributed by atoms with E-state index in [2.05, 4.69) is 33.8 Å². The van der Waals surface area contributed by atoms with Gasteiger partial charge in [0.1, 0.15) is 11.7 Å². The van der Waals surface area contributed by atoms with E-state index in [4.69, 9.17) is 9.47 Å². The van der Waals surface area contributed by atoms with Crippen molar-refractivity contribution in [1.29, 1.82) is 0 Å². The fourth-order valence-electron chi connectivity index (χ4n) is 6.85. The van der Waals surface area contributed by atoms with E-state index in [1.165, 1.54) is 0 Å². The molecule has 4 heteroatoms. The monoisotopic (exact) mass is 360 g/mol. The molecular formula is C21H28O3S. The zero-order valence-corrected chi connectivity index (χ0v) is 16.6. The smallest absolute Gasteiger partial charge is 0.186 e. The average Bonchev–Trinajstić information content (AvgIpc) is 3.09. The van der Waals surface area contributed by atoms with Crippen molar-refractivity contribution in [1.82, 2.24) is 0 Å². The molecule has 7 atom stereocenters. The fraction of sp³-hybridized carbons (Fsp3) is 0.762. The van der Waals surface area contributed by atoms with Crippen molar-refractivity contribution < 1.29 is 14.3 Å².